The molecule has 1 radical (unpaired) electrons. The van der Waals surface area contributed by atoms with Crippen molar-refractivity contribution >= 4 is 7.60 Å². The summed E-state index contributed by atoms with van der Waals surface area (Å²) in [6.07, 6.45) is 1.51. The number of hydrogen-bond donors (Lipinski definition) is 0. The molecule has 0 heterocycles. The van der Waals surface area contributed by atoms with E-state index < -0.39 is 7.60 Å². The van der Waals surface area contributed by atoms with Crippen LogP contribution in [-0.4, -0.2) is 14.2 Å². The van der Waals surface area contributed by atoms with Crippen LogP contribution in [0.1, 0.15) is 11.1 Å². The molecule has 4 nitrogen and oxygen atoms in total. The van der Waals surface area contributed by atoms with Crippen LogP contribution in [0.5, 0.6) is 5.75 Å². The Morgan fingerprint density at radius 2 is 1.57 bits per heavy atom. The molecule has 0 amide bonds. The molecule has 0 fully saturated rings. The van der Waals surface area contributed by atoms with E-state index >= 15 is 0 Å². The molecule has 0 saturated carbocycles. The molecule has 21 heavy (non-hydrogen) atoms. The second kappa shape index (κ2) is 7.41. The van der Waals surface area contributed by atoms with Crippen molar-refractivity contribution in [2.45, 2.75) is 6.61 Å². The fourth-order valence-corrected chi connectivity index (χ4v) is 2.77. The third-order valence-corrected chi connectivity index (χ3v) is 4.61. The maximum Gasteiger partial charge on any atom is 0.338 e. The summed E-state index contributed by atoms with van der Waals surface area (Å²) >= 11 is 0. The van der Waals surface area contributed by atoms with Crippen molar-refractivity contribution in [3.8, 4) is 5.75 Å². The number of para-hydroxylation sites is 1. The van der Waals surface area contributed by atoms with Crippen LogP contribution in [0.25, 0.3) is 0 Å². The summed E-state index contributed by atoms with van der Waals surface area (Å²) in [5, 5.41) is 0. The minimum absolute atomic E-state index is 0.379. The lowest BCUT2D eigenvalue weighted by atomic mass is 10.1. The summed E-state index contributed by atoms with van der Waals surface area (Å²) in [5.74, 6) is 0.786. The van der Waals surface area contributed by atoms with Crippen LogP contribution in [0.4, 0.5) is 0 Å². The number of ether oxygens (including phenoxy) is 1. The minimum Gasteiger partial charge on any atom is -0.489 e. The Kier molecular flexibility index (Phi) is 5.57. The van der Waals surface area contributed by atoms with E-state index in [9.17, 15) is 4.57 Å². The van der Waals surface area contributed by atoms with Gasteiger partial charge in [0.25, 0.3) is 0 Å². The Balaban J connectivity index is 2.12. The zero-order chi connectivity index (χ0) is 15.1. The molecule has 0 unspecified atom stereocenters. The van der Waals surface area contributed by atoms with Crippen LogP contribution < -0.4 is 4.74 Å². The van der Waals surface area contributed by atoms with Crippen molar-refractivity contribution in [3.63, 3.8) is 0 Å². The first-order chi connectivity index (χ1) is 10.2. The lowest BCUT2D eigenvalue weighted by Gasteiger charge is -2.16. The first kappa shape index (κ1) is 15.8. The molecule has 0 bridgehead atoms. The molecule has 0 aliphatic rings. The van der Waals surface area contributed by atoms with Gasteiger partial charge in [-0.15, -0.1) is 0 Å². The third-order valence-electron chi connectivity index (χ3n) is 3.00. The standard InChI is InChI=1S/C16H18O4P/c1-18-21(17,19-2)13-15-9-7-6-8-14(15)12-20-16-10-4-3-5-11-16/h3-11,13H,12H2,1-2H3. The van der Waals surface area contributed by atoms with Crippen molar-refractivity contribution in [3.05, 3.63) is 71.9 Å². The molecule has 5 heteroatoms. The first-order valence-electron chi connectivity index (χ1n) is 6.50. The fraction of sp³-hybridized carbons (Fsp3) is 0.188. The molecule has 2 aromatic rings. The lowest BCUT2D eigenvalue weighted by molar-refractivity contribution is 0.282. The summed E-state index contributed by atoms with van der Waals surface area (Å²) < 4.78 is 27.8. The van der Waals surface area contributed by atoms with Crippen LogP contribution >= 0.6 is 7.60 Å². The molecular formula is C16H18O4P. The van der Waals surface area contributed by atoms with E-state index in [1.54, 1.807) is 0 Å². The average molecular weight is 305 g/mol. The Morgan fingerprint density at radius 1 is 0.952 bits per heavy atom. The number of benzene rings is 2. The third kappa shape index (κ3) is 4.43. The molecule has 2 rings (SSSR count). The van der Waals surface area contributed by atoms with Crippen LogP contribution in [0.15, 0.2) is 54.6 Å². The zero-order valence-electron chi connectivity index (χ0n) is 12.1. The Bertz CT molecular complexity index is 605. The van der Waals surface area contributed by atoms with E-state index in [1.165, 1.54) is 20.4 Å². The highest BCUT2D eigenvalue weighted by atomic mass is 31.2. The second-order valence-electron chi connectivity index (χ2n) is 4.33. The fourth-order valence-electron chi connectivity index (χ4n) is 1.82. The van der Waals surface area contributed by atoms with E-state index in [1.807, 2.05) is 54.6 Å². The molecule has 0 aromatic heterocycles. The van der Waals surface area contributed by atoms with Crippen LogP contribution in [0, 0.1) is 6.16 Å². The normalized spacial score (nSPS) is 11.3. The summed E-state index contributed by atoms with van der Waals surface area (Å²) in [4.78, 5) is 0. The molecule has 0 saturated heterocycles. The van der Waals surface area contributed by atoms with Gasteiger partial charge in [0.2, 0.25) is 0 Å². The van der Waals surface area contributed by atoms with Gasteiger partial charge < -0.3 is 13.8 Å². The number of rotatable bonds is 7. The molecular weight excluding hydrogens is 287 g/mol. The number of hydrogen-bond acceptors (Lipinski definition) is 4. The summed E-state index contributed by atoms with van der Waals surface area (Å²) in [7, 11) is -0.476. The van der Waals surface area contributed by atoms with E-state index in [0.717, 1.165) is 16.9 Å². The Morgan fingerprint density at radius 3 is 2.24 bits per heavy atom. The highest BCUT2D eigenvalue weighted by molar-refractivity contribution is 7.56. The molecule has 2 aromatic carbocycles. The van der Waals surface area contributed by atoms with Gasteiger partial charge in [-0.1, -0.05) is 42.5 Å². The van der Waals surface area contributed by atoms with Gasteiger partial charge in [-0.3, -0.25) is 4.57 Å². The van der Waals surface area contributed by atoms with Gasteiger partial charge in [-0.05, 0) is 23.3 Å². The summed E-state index contributed by atoms with van der Waals surface area (Å²) in [5.41, 5.74) is 1.69. The van der Waals surface area contributed by atoms with Crippen molar-refractivity contribution in [2.75, 3.05) is 14.2 Å². The Hall–Kier alpha value is -1.61. The summed E-state index contributed by atoms with van der Waals surface area (Å²) in [6, 6.07) is 17.1. The highest BCUT2D eigenvalue weighted by Crippen LogP contribution is 2.52. The first-order valence-corrected chi connectivity index (χ1v) is 8.11. The maximum atomic E-state index is 12.2. The molecule has 0 aliphatic heterocycles. The molecule has 111 valence electrons. The smallest absolute Gasteiger partial charge is 0.338 e. The van der Waals surface area contributed by atoms with Crippen molar-refractivity contribution < 1.29 is 18.3 Å². The molecule has 0 N–H and O–H groups in total. The zero-order valence-corrected chi connectivity index (χ0v) is 13.0. The second-order valence-corrected chi connectivity index (χ2v) is 6.40. The summed E-state index contributed by atoms with van der Waals surface area (Å²) in [6.45, 7) is 0.379. The minimum atomic E-state index is -3.21. The maximum absolute atomic E-state index is 12.2. The van der Waals surface area contributed by atoms with E-state index in [4.69, 9.17) is 13.8 Å². The monoisotopic (exact) mass is 305 g/mol. The van der Waals surface area contributed by atoms with E-state index in [2.05, 4.69) is 0 Å². The van der Waals surface area contributed by atoms with Gasteiger partial charge in [-0.25, -0.2) is 0 Å². The highest BCUT2D eigenvalue weighted by Gasteiger charge is 2.23. The van der Waals surface area contributed by atoms with Crippen LogP contribution in [0.2, 0.25) is 0 Å². The predicted octanol–water partition coefficient (Wildman–Crippen LogP) is 4.26. The van der Waals surface area contributed by atoms with Gasteiger partial charge in [0, 0.05) is 14.2 Å². The van der Waals surface area contributed by atoms with Gasteiger partial charge in [0.05, 0.1) is 0 Å². The van der Waals surface area contributed by atoms with Crippen molar-refractivity contribution in [2.24, 2.45) is 0 Å². The largest absolute Gasteiger partial charge is 0.489 e. The van der Waals surface area contributed by atoms with Gasteiger partial charge in [0.1, 0.15) is 18.5 Å². The van der Waals surface area contributed by atoms with E-state index in [0.29, 0.717) is 6.61 Å². The van der Waals surface area contributed by atoms with Crippen molar-refractivity contribution in [1.29, 1.82) is 0 Å². The topological polar surface area (TPSA) is 44.8 Å². The molecule has 0 spiro atoms. The van der Waals surface area contributed by atoms with Crippen LogP contribution in [0.3, 0.4) is 0 Å². The van der Waals surface area contributed by atoms with Crippen LogP contribution in [-0.2, 0) is 20.2 Å². The van der Waals surface area contributed by atoms with Gasteiger partial charge >= 0.3 is 7.60 Å². The predicted molar refractivity (Wildman–Crippen MR) is 82.2 cm³/mol. The lowest BCUT2D eigenvalue weighted by Crippen LogP contribution is -2.00. The van der Waals surface area contributed by atoms with Gasteiger partial charge in [-0.2, -0.15) is 0 Å². The Labute approximate surface area is 125 Å². The SMILES string of the molecule is COP(=O)([CH]c1ccccc1COc1ccccc1)OC. The van der Waals surface area contributed by atoms with Crippen molar-refractivity contribution in [1.82, 2.24) is 0 Å². The quantitative estimate of drug-likeness (QED) is 0.717. The van der Waals surface area contributed by atoms with E-state index in [-0.39, 0.29) is 0 Å². The molecule has 0 atom stereocenters. The average Bonchev–Trinajstić information content (AvgIpc) is 2.55. The molecule has 0 aliphatic carbocycles. The van der Waals surface area contributed by atoms with Gasteiger partial charge in [0.15, 0.2) is 0 Å².